The van der Waals surface area contributed by atoms with Gasteiger partial charge in [0, 0.05) is 11.5 Å². The standard InChI is InChI=1S/C10H10BrN5O3S2/c11-9-13-10(15-14-9)21-2-3-1-20-7-4(12)6(17)16(7)5(3)8(18)19/h4,7H,1-2,12H2,(H,18,19)(H,13,14,15)/t4?,7-/m0/s1. The number of fused-ring (bicyclic) bond motifs is 1. The van der Waals surface area contributed by atoms with Gasteiger partial charge in [-0.1, -0.05) is 11.8 Å². The highest BCUT2D eigenvalue weighted by molar-refractivity contribution is 9.10. The quantitative estimate of drug-likeness (QED) is 0.492. The molecule has 1 aromatic heterocycles. The fourth-order valence-electron chi connectivity index (χ4n) is 2.14. The summed E-state index contributed by atoms with van der Waals surface area (Å²) in [6.45, 7) is 0. The Balaban J connectivity index is 1.81. The number of amides is 1. The van der Waals surface area contributed by atoms with E-state index in [1.807, 2.05) is 0 Å². The van der Waals surface area contributed by atoms with Crippen LogP contribution in [0.4, 0.5) is 0 Å². The maximum Gasteiger partial charge on any atom is 0.352 e. The van der Waals surface area contributed by atoms with Crippen LogP contribution in [0.15, 0.2) is 21.2 Å². The van der Waals surface area contributed by atoms with Crippen molar-refractivity contribution >= 4 is 51.3 Å². The van der Waals surface area contributed by atoms with Crippen LogP contribution in [0.2, 0.25) is 0 Å². The third-order valence-electron chi connectivity index (χ3n) is 3.10. The molecule has 0 spiro atoms. The van der Waals surface area contributed by atoms with Gasteiger partial charge in [-0.3, -0.25) is 14.8 Å². The largest absolute Gasteiger partial charge is 0.477 e. The highest BCUT2D eigenvalue weighted by atomic mass is 79.9. The van der Waals surface area contributed by atoms with Gasteiger partial charge in [0.2, 0.25) is 11.1 Å². The van der Waals surface area contributed by atoms with Gasteiger partial charge in [0.1, 0.15) is 17.1 Å². The summed E-state index contributed by atoms with van der Waals surface area (Å²) in [4.78, 5) is 28.6. The second kappa shape index (κ2) is 5.63. The van der Waals surface area contributed by atoms with E-state index in [0.717, 1.165) is 0 Å². The summed E-state index contributed by atoms with van der Waals surface area (Å²) in [5.74, 6) is -0.507. The number of rotatable bonds is 4. The molecule has 0 aromatic carbocycles. The van der Waals surface area contributed by atoms with Gasteiger partial charge >= 0.3 is 5.97 Å². The molecular formula is C10H10BrN5O3S2. The molecule has 1 amide bonds. The SMILES string of the molecule is NC1C(=O)N2C(C(=O)O)=C(CSc3n[nH]c(Br)n3)CS[C@@H]12. The normalized spacial score (nSPS) is 24.9. The molecular weight excluding hydrogens is 382 g/mol. The first-order valence-electron chi connectivity index (χ1n) is 5.85. The number of nitrogens with two attached hydrogens (primary N) is 1. The van der Waals surface area contributed by atoms with Crippen molar-refractivity contribution in [2.45, 2.75) is 16.6 Å². The Morgan fingerprint density at radius 1 is 1.67 bits per heavy atom. The number of aliphatic carboxylic acids is 1. The molecule has 2 aliphatic rings. The number of hydrogen-bond acceptors (Lipinski definition) is 7. The monoisotopic (exact) mass is 391 g/mol. The van der Waals surface area contributed by atoms with Crippen LogP contribution in [0.1, 0.15) is 0 Å². The van der Waals surface area contributed by atoms with E-state index < -0.39 is 12.0 Å². The Labute approximate surface area is 136 Å². The van der Waals surface area contributed by atoms with Crippen LogP contribution >= 0.6 is 39.5 Å². The van der Waals surface area contributed by atoms with E-state index in [4.69, 9.17) is 5.73 Å². The lowest BCUT2D eigenvalue weighted by atomic mass is 10.0. The molecule has 11 heteroatoms. The van der Waals surface area contributed by atoms with Gasteiger partial charge in [-0.05, 0) is 21.5 Å². The van der Waals surface area contributed by atoms with Crippen molar-refractivity contribution < 1.29 is 14.7 Å². The Morgan fingerprint density at radius 3 is 3.05 bits per heavy atom. The van der Waals surface area contributed by atoms with Crippen LogP contribution in [0, 0.1) is 0 Å². The number of carboxylic acid groups (broad SMARTS) is 1. The van der Waals surface area contributed by atoms with E-state index in [2.05, 4.69) is 31.1 Å². The third-order valence-corrected chi connectivity index (χ3v) is 5.75. The number of carbonyl (C=O) groups excluding carboxylic acids is 1. The summed E-state index contributed by atoms with van der Waals surface area (Å²) in [6, 6.07) is -0.609. The van der Waals surface area contributed by atoms with Gasteiger partial charge in [0.15, 0.2) is 4.73 Å². The minimum Gasteiger partial charge on any atom is -0.477 e. The third kappa shape index (κ3) is 2.58. The maximum absolute atomic E-state index is 11.8. The highest BCUT2D eigenvalue weighted by Crippen LogP contribution is 2.40. The number of aromatic amines is 1. The van der Waals surface area contributed by atoms with Crippen LogP contribution in [0.5, 0.6) is 0 Å². The van der Waals surface area contributed by atoms with E-state index in [1.165, 1.54) is 28.4 Å². The zero-order valence-corrected chi connectivity index (χ0v) is 13.7. The second-order valence-electron chi connectivity index (χ2n) is 4.39. The molecule has 1 saturated heterocycles. The topological polar surface area (TPSA) is 125 Å². The molecule has 3 rings (SSSR count). The van der Waals surface area contributed by atoms with E-state index in [0.29, 0.717) is 27.0 Å². The summed E-state index contributed by atoms with van der Waals surface area (Å²) in [7, 11) is 0. The van der Waals surface area contributed by atoms with E-state index in [1.54, 1.807) is 0 Å². The van der Waals surface area contributed by atoms with Crippen LogP contribution in [-0.2, 0) is 9.59 Å². The van der Waals surface area contributed by atoms with Gasteiger partial charge < -0.3 is 10.8 Å². The molecule has 21 heavy (non-hydrogen) atoms. The molecule has 1 aromatic rings. The van der Waals surface area contributed by atoms with Crippen molar-refractivity contribution in [2.75, 3.05) is 11.5 Å². The van der Waals surface area contributed by atoms with Crippen LogP contribution < -0.4 is 5.73 Å². The number of nitrogens with zero attached hydrogens (tertiary/aromatic N) is 3. The second-order valence-corrected chi connectivity index (χ2v) is 7.19. The summed E-state index contributed by atoms with van der Waals surface area (Å²) < 4.78 is 0.513. The molecule has 1 unspecified atom stereocenters. The minimum atomic E-state index is -1.10. The van der Waals surface area contributed by atoms with Gasteiger partial charge in [-0.2, -0.15) is 4.98 Å². The molecule has 0 radical (unpaired) electrons. The summed E-state index contributed by atoms with van der Waals surface area (Å²) in [5, 5.41) is 16.2. The lowest BCUT2D eigenvalue weighted by Gasteiger charge is -2.48. The van der Waals surface area contributed by atoms with Gasteiger partial charge in [-0.25, -0.2) is 4.79 Å². The van der Waals surface area contributed by atoms with E-state index in [-0.39, 0.29) is 17.0 Å². The van der Waals surface area contributed by atoms with Crippen molar-refractivity contribution in [2.24, 2.45) is 5.73 Å². The molecule has 0 bridgehead atoms. The van der Waals surface area contributed by atoms with Crippen molar-refractivity contribution in [3.63, 3.8) is 0 Å². The lowest BCUT2D eigenvalue weighted by Crippen LogP contribution is -2.68. The smallest absolute Gasteiger partial charge is 0.352 e. The Morgan fingerprint density at radius 2 is 2.43 bits per heavy atom. The average Bonchev–Trinajstić information content (AvgIpc) is 2.88. The fraction of sp³-hybridized carbons (Fsp3) is 0.400. The summed E-state index contributed by atoms with van der Waals surface area (Å²) in [5.41, 5.74) is 6.41. The Hall–Kier alpha value is -1.04. The maximum atomic E-state index is 11.8. The number of aromatic nitrogens is 3. The average molecular weight is 392 g/mol. The molecule has 2 aliphatic heterocycles. The van der Waals surface area contributed by atoms with Crippen molar-refractivity contribution in [1.29, 1.82) is 0 Å². The molecule has 3 heterocycles. The van der Waals surface area contributed by atoms with E-state index >= 15 is 0 Å². The molecule has 4 N–H and O–H groups in total. The number of H-pyrrole nitrogens is 1. The zero-order valence-electron chi connectivity index (χ0n) is 10.4. The van der Waals surface area contributed by atoms with Crippen LogP contribution in [0.3, 0.4) is 0 Å². The van der Waals surface area contributed by atoms with Crippen LogP contribution in [-0.4, -0.2) is 60.0 Å². The first kappa shape index (κ1) is 14.9. The number of hydrogen-bond donors (Lipinski definition) is 3. The first-order chi connectivity index (χ1) is 9.99. The molecule has 2 atom stereocenters. The van der Waals surface area contributed by atoms with Crippen molar-refractivity contribution in [3.8, 4) is 0 Å². The van der Waals surface area contributed by atoms with Crippen LogP contribution in [0.25, 0.3) is 0 Å². The predicted octanol–water partition coefficient (Wildman–Crippen LogP) is 0.240. The number of halogens is 1. The van der Waals surface area contributed by atoms with Gasteiger partial charge in [-0.15, -0.1) is 16.9 Å². The number of carbonyl (C=O) groups is 2. The van der Waals surface area contributed by atoms with Crippen molar-refractivity contribution in [3.05, 3.63) is 16.0 Å². The zero-order chi connectivity index (χ0) is 15.1. The Kier molecular flexibility index (Phi) is 3.99. The number of thioether (sulfide) groups is 2. The van der Waals surface area contributed by atoms with E-state index in [9.17, 15) is 14.7 Å². The molecule has 1 fully saturated rings. The number of β-lactam (4-membered cyclic amide) rings is 1. The van der Waals surface area contributed by atoms with Crippen molar-refractivity contribution in [1.82, 2.24) is 20.1 Å². The predicted molar refractivity (Wildman–Crippen MR) is 80.5 cm³/mol. The molecule has 112 valence electrons. The number of carboxylic acids is 1. The fourth-order valence-corrected chi connectivity index (χ4v) is 4.74. The summed E-state index contributed by atoms with van der Waals surface area (Å²) in [6.07, 6.45) is 0. The van der Waals surface area contributed by atoms with Gasteiger partial charge in [0.25, 0.3) is 0 Å². The first-order valence-corrected chi connectivity index (χ1v) is 8.68. The molecule has 8 nitrogen and oxygen atoms in total. The highest BCUT2D eigenvalue weighted by Gasteiger charge is 2.51. The summed E-state index contributed by atoms with van der Waals surface area (Å²) >= 11 is 5.95. The Bertz CT molecular complexity index is 648. The minimum absolute atomic E-state index is 0.0487. The van der Waals surface area contributed by atoms with Gasteiger partial charge in [0.05, 0.1) is 0 Å². The molecule has 0 saturated carbocycles. The molecule has 0 aliphatic carbocycles. The number of nitrogens with one attached hydrogen (secondary N) is 1. The lowest BCUT2D eigenvalue weighted by molar-refractivity contribution is -0.147.